The molecule has 0 saturated heterocycles. The number of hydrogen-bond donors (Lipinski definition) is 1. The second kappa shape index (κ2) is 8.33. The normalized spacial score (nSPS) is 10.7. The number of aromatic nitrogens is 1. The zero-order valence-corrected chi connectivity index (χ0v) is 12.1. The van der Waals surface area contributed by atoms with Crippen LogP contribution in [0.4, 0.5) is 5.69 Å². The third-order valence-corrected chi connectivity index (χ3v) is 3.31. The van der Waals surface area contributed by atoms with E-state index in [9.17, 15) is 0 Å². The van der Waals surface area contributed by atoms with Crippen LogP contribution in [0.25, 0.3) is 0 Å². The van der Waals surface area contributed by atoms with Crippen LogP contribution in [-0.4, -0.2) is 29.5 Å². The van der Waals surface area contributed by atoms with Crippen LogP contribution in [0.3, 0.4) is 0 Å². The van der Waals surface area contributed by atoms with Crippen LogP contribution in [0.15, 0.2) is 54.7 Å². The maximum absolute atomic E-state index is 4.39. The summed E-state index contributed by atoms with van der Waals surface area (Å²) in [6.07, 6.45) is 3.00. The van der Waals surface area contributed by atoms with Crippen molar-refractivity contribution < 1.29 is 0 Å². The molecule has 3 heteroatoms. The first-order chi connectivity index (χ1) is 9.88. The van der Waals surface area contributed by atoms with Crippen molar-refractivity contribution in [3.05, 3.63) is 60.4 Å². The van der Waals surface area contributed by atoms with Gasteiger partial charge in [-0.1, -0.05) is 31.2 Å². The van der Waals surface area contributed by atoms with Crippen molar-refractivity contribution in [3.8, 4) is 0 Å². The van der Waals surface area contributed by atoms with Gasteiger partial charge in [0, 0.05) is 31.5 Å². The van der Waals surface area contributed by atoms with Crippen LogP contribution in [0.1, 0.15) is 19.0 Å². The van der Waals surface area contributed by atoms with Gasteiger partial charge in [0.25, 0.3) is 0 Å². The van der Waals surface area contributed by atoms with E-state index in [0.29, 0.717) is 0 Å². The Balaban J connectivity index is 1.69. The zero-order chi connectivity index (χ0) is 14.0. The first kappa shape index (κ1) is 14.5. The molecule has 0 aliphatic heterocycles. The van der Waals surface area contributed by atoms with Gasteiger partial charge >= 0.3 is 0 Å². The topological polar surface area (TPSA) is 28.2 Å². The smallest absolute Gasteiger partial charge is 0.0543 e. The third-order valence-electron chi connectivity index (χ3n) is 3.31. The molecule has 1 aromatic heterocycles. The molecule has 1 N–H and O–H groups in total. The number of nitrogens with zero attached hydrogens (tertiary/aromatic N) is 2. The van der Waals surface area contributed by atoms with Crippen molar-refractivity contribution >= 4 is 5.69 Å². The molecule has 0 aliphatic carbocycles. The highest BCUT2D eigenvalue weighted by atomic mass is 15.1. The fraction of sp³-hybridized carbons (Fsp3) is 0.353. The molecule has 106 valence electrons. The summed E-state index contributed by atoms with van der Waals surface area (Å²) >= 11 is 0. The molecule has 0 saturated carbocycles. The standard InChI is InChI=1S/C17H23N3/c1-2-20(15-17-11-6-7-12-19-17)14-8-13-18-16-9-4-3-5-10-16/h3-7,9-12,18H,2,8,13-15H2,1H3. The molecule has 3 nitrogen and oxygen atoms in total. The molecule has 0 radical (unpaired) electrons. The number of nitrogens with one attached hydrogen (secondary N) is 1. The van der Waals surface area contributed by atoms with E-state index in [4.69, 9.17) is 0 Å². The molecule has 0 amide bonds. The molecule has 0 bridgehead atoms. The maximum Gasteiger partial charge on any atom is 0.0543 e. The molecular weight excluding hydrogens is 246 g/mol. The molecule has 2 aromatic rings. The molecule has 2 rings (SSSR count). The molecule has 0 fully saturated rings. The average Bonchev–Trinajstić information content (AvgIpc) is 2.52. The monoisotopic (exact) mass is 269 g/mol. The summed E-state index contributed by atoms with van der Waals surface area (Å²) in [7, 11) is 0. The Hall–Kier alpha value is -1.87. The Kier molecular flexibility index (Phi) is 6.06. The Morgan fingerprint density at radius 1 is 1.05 bits per heavy atom. The molecule has 0 unspecified atom stereocenters. The number of hydrogen-bond acceptors (Lipinski definition) is 3. The van der Waals surface area contributed by atoms with Crippen molar-refractivity contribution in [2.24, 2.45) is 0 Å². The Morgan fingerprint density at radius 3 is 2.55 bits per heavy atom. The summed E-state index contributed by atoms with van der Waals surface area (Å²) in [4.78, 5) is 6.81. The molecule has 1 heterocycles. The van der Waals surface area contributed by atoms with E-state index in [2.05, 4.69) is 52.5 Å². The van der Waals surface area contributed by atoms with Gasteiger partial charge in [-0.25, -0.2) is 0 Å². The summed E-state index contributed by atoms with van der Waals surface area (Å²) in [5, 5.41) is 3.45. The highest BCUT2D eigenvalue weighted by molar-refractivity contribution is 5.42. The van der Waals surface area contributed by atoms with Gasteiger partial charge in [0.1, 0.15) is 0 Å². The second-order valence-electron chi connectivity index (χ2n) is 4.84. The molecule has 20 heavy (non-hydrogen) atoms. The molecule has 0 spiro atoms. The summed E-state index contributed by atoms with van der Waals surface area (Å²) in [5.41, 5.74) is 2.34. The minimum absolute atomic E-state index is 0.933. The van der Waals surface area contributed by atoms with Gasteiger partial charge in [-0.05, 0) is 37.2 Å². The largest absolute Gasteiger partial charge is 0.385 e. The van der Waals surface area contributed by atoms with Gasteiger partial charge in [-0.2, -0.15) is 0 Å². The van der Waals surface area contributed by atoms with Crippen LogP contribution in [0.2, 0.25) is 0 Å². The lowest BCUT2D eigenvalue weighted by Gasteiger charge is -2.20. The van der Waals surface area contributed by atoms with E-state index in [1.807, 2.05) is 24.4 Å². The molecule has 0 aliphatic rings. The lowest BCUT2D eigenvalue weighted by molar-refractivity contribution is 0.276. The predicted octanol–water partition coefficient (Wildman–Crippen LogP) is 3.41. The van der Waals surface area contributed by atoms with E-state index in [1.165, 1.54) is 5.69 Å². The van der Waals surface area contributed by atoms with Gasteiger partial charge < -0.3 is 5.32 Å². The Labute approximate surface area is 121 Å². The minimum atomic E-state index is 0.933. The predicted molar refractivity (Wildman–Crippen MR) is 84.7 cm³/mol. The van der Waals surface area contributed by atoms with E-state index in [1.54, 1.807) is 0 Å². The first-order valence-corrected chi connectivity index (χ1v) is 7.29. The summed E-state index contributed by atoms with van der Waals surface area (Å²) in [6.45, 7) is 6.29. The van der Waals surface area contributed by atoms with Crippen molar-refractivity contribution in [2.75, 3.05) is 25.0 Å². The van der Waals surface area contributed by atoms with Crippen LogP contribution in [0.5, 0.6) is 0 Å². The fourth-order valence-electron chi connectivity index (χ4n) is 2.16. The van der Waals surface area contributed by atoms with E-state index in [0.717, 1.165) is 38.3 Å². The highest BCUT2D eigenvalue weighted by Gasteiger charge is 2.03. The molecule has 1 aromatic carbocycles. The summed E-state index contributed by atoms with van der Waals surface area (Å²) < 4.78 is 0. The highest BCUT2D eigenvalue weighted by Crippen LogP contribution is 2.05. The van der Waals surface area contributed by atoms with Gasteiger partial charge in [0.2, 0.25) is 0 Å². The van der Waals surface area contributed by atoms with Gasteiger partial charge in [0.15, 0.2) is 0 Å². The average molecular weight is 269 g/mol. The lowest BCUT2D eigenvalue weighted by atomic mass is 10.3. The minimum Gasteiger partial charge on any atom is -0.385 e. The second-order valence-corrected chi connectivity index (χ2v) is 4.84. The van der Waals surface area contributed by atoms with Crippen molar-refractivity contribution in [1.82, 2.24) is 9.88 Å². The van der Waals surface area contributed by atoms with E-state index in [-0.39, 0.29) is 0 Å². The van der Waals surface area contributed by atoms with Crippen LogP contribution in [-0.2, 0) is 6.54 Å². The fourth-order valence-corrected chi connectivity index (χ4v) is 2.16. The number of benzene rings is 1. The third kappa shape index (κ3) is 5.02. The maximum atomic E-state index is 4.39. The SMILES string of the molecule is CCN(CCCNc1ccccc1)Cc1ccccn1. The summed E-state index contributed by atoms with van der Waals surface area (Å²) in [6, 6.07) is 16.5. The number of para-hydroxylation sites is 1. The van der Waals surface area contributed by atoms with Crippen molar-refractivity contribution in [2.45, 2.75) is 19.9 Å². The van der Waals surface area contributed by atoms with Crippen LogP contribution in [0, 0.1) is 0 Å². The number of rotatable bonds is 8. The van der Waals surface area contributed by atoms with E-state index < -0.39 is 0 Å². The van der Waals surface area contributed by atoms with Crippen LogP contribution < -0.4 is 5.32 Å². The summed E-state index contributed by atoms with van der Waals surface area (Å²) in [5.74, 6) is 0. The van der Waals surface area contributed by atoms with Gasteiger partial charge in [-0.15, -0.1) is 0 Å². The van der Waals surface area contributed by atoms with Gasteiger partial charge in [-0.3, -0.25) is 9.88 Å². The van der Waals surface area contributed by atoms with E-state index >= 15 is 0 Å². The zero-order valence-electron chi connectivity index (χ0n) is 12.1. The van der Waals surface area contributed by atoms with Gasteiger partial charge in [0.05, 0.1) is 5.69 Å². The lowest BCUT2D eigenvalue weighted by Crippen LogP contribution is -2.25. The van der Waals surface area contributed by atoms with Crippen molar-refractivity contribution in [3.63, 3.8) is 0 Å². The number of anilines is 1. The molecule has 0 atom stereocenters. The number of pyridine rings is 1. The quantitative estimate of drug-likeness (QED) is 0.744. The Morgan fingerprint density at radius 2 is 1.85 bits per heavy atom. The van der Waals surface area contributed by atoms with Crippen LogP contribution >= 0.6 is 0 Å². The molecular formula is C17H23N3. The van der Waals surface area contributed by atoms with Crippen molar-refractivity contribution in [1.29, 1.82) is 0 Å². The Bertz CT molecular complexity index is 470. The first-order valence-electron chi connectivity index (χ1n) is 7.29.